The lowest BCUT2D eigenvalue weighted by Gasteiger charge is -2.30. The Morgan fingerprint density at radius 3 is 2.08 bits per heavy atom. The number of benzene rings is 3. The first kappa shape index (κ1) is 26.1. The van der Waals surface area contributed by atoms with E-state index in [1.807, 2.05) is 68.4 Å². The van der Waals surface area contributed by atoms with Crippen LogP contribution in [-0.2, 0) is 37.9 Å². The minimum Gasteiger partial charge on any atom is -0.489 e. The van der Waals surface area contributed by atoms with E-state index in [0.29, 0.717) is 18.4 Å². The zero-order valence-corrected chi connectivity index (χ0v) is 23.0. The average molecular weight is 535 g/mol. The minimum absolute atomic E-state index is 0.0267. The molecule has 3 aliphatic carbocycles. The van der Waals surface area contributed by atoms with Crippen molar-refractivity contribution < 1.29 is 23.8 Å². The molecule has 5 heteroatoms. The van der Waals surface area contributed by atoms with Gasteiger partial charge in [0.25, 0.3) is 0 Å². The van der Waals surface area contributed by atoms with Crippen molar-refractivity contribution in [2.45, 2.75) is 57.8 Å². The Hall–Kier alpha value is -4.12. The van der Waals surface area contributed by atoms with Gasteiger partial charge in [-0.3, -0.25) is 9.59 Å². The highest BCUT2D eigenvalue weighted by atomic mass is 16.6. The fraction of sp³-hybridized carbons (Fsp3) is 0.314. The van der Waals surface area contributed by atoms with Crippen LogP contribution in [0.25, 0.3) is 0 Å². The van der Waals surface area contributed by atoms with Crippen LogP contribution >= 0.6 is 0 Å². The standard InChI is InChI=1S/C35H34O5/c1-35(2,29-6-4-3-5-7-29)40-32(37)17-16-31(36)39-22-24-10-14-30(15-11-24)38-21-23-8-12-25(13-9-23)33-26-18-27-20-28(19-26)34(27)33/h3-15,18,20,27,33-34H,16-17,19,21-22H2,1-2H3. The SMILES string of the molecule is CC(C)(OC(=O)CCC(=O)OCc1ccc(OCc2ccc(C3C4=CC5C=C(C4)C53)cc2)cc1)c1ccccc1. The summed E-state index contributed by atoms with van der Waals surface area (Å²) < 4.78 is 16.9. The van der Waals surface area contributed by atoms with Crippen LogP contribution in [0.15, 0.2) is 102 Å². The number of rotatable bonds is 11. The molecule has 1 saturated carbocycles. The van der Waals surface area contributed by atoms with Gasteiger partial charge in [-0.1, -0.05) is 90.0 Å². The number of ether oxygens (including phenoxy) is 3. The lowest BCUT2D eigenvalue weighted by Crippen LogP contribution is -2.25. The van der Waals surface area contributed by atoms with Gasteiger partial charge in [0.2, 0.25) is 0 Å². The summed E-state index contributed by atoms with van der Waals surface area (Å²) in [7, 11) is 0. The first-order chi connectivity index (χ1) is 19.4. The van der Waals surface area contributed by atoms with Gasteiger partial charge in [-0.2, -0.15) is 0 Å². The molecule has 3 aromatic carbocycles. The highest BCUT2D eigenvalue weighted by Crippen LogP contribution is 2.62. The quantitative estimate of drug-likeness (QED) is 0.193. The molecule has 2 bridgehead atoms. The molecule has 3 atom stereocenters. The number of hydrogen-bond donors (Lipinski definition) is 0. The summed E-state index contributed by atoms with van der Waals surface area (Å²) in [6, 6.07) is 25.9. The Labute approximate surface area is 235 Å². The molecule has 6 rings (SSSR count). The molecular formula is C35H34O5. The van der Waals surface area contributed by atoms with Gasteiger partial charge in [0.1, 0.15) is 24.6 Å². The molecule has 0 aromatic heterocycles. The predicted molar refractivity (Wildman–Crippen MR) is 152 cm³/mol. The molecule has 0 saturated heterocycles. The molecule has 0 heterocycles. The summed E-state index contributed by atoms with van der Waals surface area (Å²) >= 11 is 0. The third-order valence-corrected chi connectivity index (χ3v) is 8.26. The molecule has 0 N–H and O–H groups in total. The number of hydrogen-bond acceptors (Lipinski definition) is 5. The van der Waals surface area contributed by atoms with E-state index < -0.39 is 17.5 Å². The lowest BCUT2D eigenvalue weighted by molar-refractivity contribution is -0.160. The van der Waals surface area contributed by atoms with Crippen LogP contribution in [0.3, 0.4) is 0 Å². The molecule has 1 fully saturated rings. The minimum atomic E-state index is -0.763. The second-order valence-electron chi connectivity index (χ2n) is 11.4. The van der Waals surface area contributed by atoms with Crippen LogP contribution in [0.2, 0.25) is 0 Å². The summed E-state index contributed by atoms with van der Waals surface area (Å²) in [5.74, 6) is 1.88. The van der Waals surface area contributed by atoms with Crippen molar-refractivity contribution in [3.63, 3.8) is 0 Å². The summed E-state index contributed by atoms with van der Waals surface area (Å²) in [5.41, 5.74) is 6.78. The zero-order chi connectivity index (χ0) is 27.7. The fourth-order valence-corrected chi connectivity index (χ4v) is 6.11. The van der Waals surface area contributed by atoms with Gasteiger partial charge >= 0.3 is 11.9 Å². The van der Waals surface area contributed by atoms with Gasteiger partial charge in [-0.25, -0.2) is 0 Å². The van der Waals surface area contributed by atoms with Crippen molar-refractivity contribution in [2.24, 2.45) is 11.8 Å². The van der Waals surface area contributed by atoms with Gasteiger partial charge in [-0.05, 0) is 54.7 Å². The van der Waals surface area contributed by atoms with Gasteiger partial charge in [-0.15, -0.1) is 0 Å². The van der Waals surface area contributed by atoms with Crippen LogP contribution in [0.4, 0.5) is 0 Å². The summed E-state index contributed by atoms with van der Waals surface area (Å²) in [4.78, 5) is 24.5. The molecule has 3 aliphatic rings. The van der Waals surface area contributed by atoms with Crippen molar-refractivity contribution in [3.05, 3.63) is 124 Å². The first-order valence-corrected chi connectivity index (χ1v) is 14.0. The van der Waals surface area contributed by atoms with Crippen molar-refractivity contribution in [3.8, 4) is 5.75 Å². The van der Waals surface area contributed by atoms with Gasteiger partial charge in [0.05, 0.1) is 12.8 Å². The van der Waals surface area contributed by atoms with Crippen molar-refractivity contribution in [1.29, 1.82) is 0 Å². The Morgan fingerprint density at radius 2 is 1.43 bits per heavy atom. The van der Waals surface area contributed by atoms with Gasteiger partial charge in [0, 0.05) is 17.8 Å². The van der Waals surface area contributed by atoms with Crippen LogP contribution in [0.1, 0.15) is 61.3 Å². The largest absolute Gasteiger partial charge is 0.489 e. The van der Waals surface area contributed by atoms with Gasteiger partial charge in [0.15, 0.2) is 0 Å². The van der Waals surface area contributed by atoms with E-state index in [2.05, 4.69) is 36.4 Å². The number of allylic oxidation sites excluding steroid dienone is 4. The molecule has 3 unspecified atom stereocenters. The van der Waals surface area contributed by atoms with Crippen molar-refractivity contribution in [1.82, 2.24) is 0 Å². The maximum absolute atomic E-state index is 12.3. The molecule has 5 nitrogen and oxygen atoms in total. The molecule has 40 heavy (non-hydrogen) atoms. The number of carbonyl (C=O) groups excluding carboxylic acids is 2. The number of carbonyl (C=O) groups is 2. The number of esters is 2. The summed E-state index contributed by atoms with van der Waals surface area (Å²) in [6.45, 7) is 4.30. The predicted octanol–water partition coefficient (Wildman–Crippen LogP) is 7.17. The Bertz CT molecular complexity index is 1450. The molecule has 0 amide bonds. The zero-order valence-electron chi connectivity index (χ0n) is 23.0. The van der Waals surface area contributed by atoms with Gasteiger partial charge < -0.3 is 14.2 Å². The average Bonchev–Trinajstić information content (AvgIpc) is 3.41. The van der Waals surface area contributed by atoms with Crippen LogP contribution < -0.4 is 4.74 Å². The summed E-state index contributed by atoms with van der Waals surface area (Å²) in [5, 5.41) is 0. The highest BCUT2D eigenvalue weighted by Gasteiger charge is 2.50. The maximum Gasteiger partial charge on any atom is 0.307 e. The van der Waals surface area contributed by atoms with Crippen molar-refractivity contribution in [2.75, 3.05) is 0 Å². The second-order valence-corrected chi connectivity index (χ2v) is 11.4. The molecule has 204 valence electrons. The number of fused-ring (bicyclic) bond motifs is 1. The molecule has 0 spiro atoms. The third-order valence-electron chi connectivity index (χ3n) is 8.26. The normalized spacial score (nSPS) is 20.3. The third kappa shape index (κ3) is 5.46. The van der Waals surface area contributed by atoms with E-state index in [4.69, 9.17) is 14.2 Å². The first-order valence-electron chi connectivity index (χ1n) is 14.0. The van der Waals surface area contributed by atoms with Crippen LogP contribution in [0, 0.1) is 11.8 Å². The second kappa shape index (κ2) is 10.8. The highest BCUT2D eigenvalue weighted by molar-refractivity contribution is 5.78. The molecule has 0 radical (unpaired) electrons. The van der Waals surface area contributed by atoms with E-state index >= 15 is 0 Å². The Morgan fingerprint density at radius 1 is 0.775 bits per heavy atom. The molecular weight excluding hydrogens is 500 g/mol. The summed E-state index contributed by atoms with van der Waals surface area (Å²) in [6.07, 6.45) is 6.02. The fourth-order valence-electron chi connectivity index (χ4n) is 6.11. The van der Waals surface area contributed by atoms with E-state index in [0.717, 1.165) is 28.4 Å². The van der Waals surface area contributed by atoms with Crippen molar-refractivity contribution >= 4 is 11.9 Å². The van der Waals surface area contributed by atoms with E-state index in [-0.39, 0.29) is 19.4 Å². The smallest absolute Gasteiger partial charge is 0.307 e. The van der Waals surface area contributed by atoms with E-state index in [1.54, 1.807) is 11.1 Å². The van der Waals surface area contributed by atoms with Crippen LogP contribution in [-0.4, -0.2) is 11.9 Å². The molecule has 0 aliphatic heterocycles. The van der Waals surface area contributed by atoms with E-state index in [1.165, 1.54) is 12.0 Å². The maximum atomic E-state index is 12.3. The topological polar surface area (TPSA) is 61.8 Å². The lowest BCUT2D eigenvalue weighted by atomic mass is 9.73. The van der Waals surface area contributed by atoms with Crippen LogP contribution in [0.5, 0.6) is 5.75 Å². The Balaban J connectivity index is 0.910. The Kier molecular flexibility index (Phi) is 7.05. The monoisotopic (exact) mass is 534 g/mol. The van der Waals surface area contributed by atoms with E-state index in [9.17, 15) is 9.59 Å². The molecule has 3 aromatic rings.